The van der Waals surface area contributed by atoms with E-state index in [4.69, 9.17) is 27.7 Å². The number of hydrogen-bond acceptors (Lipinski definition) is 6. The first-order valence-electron chi connectivity index (χ1n) is 6.80. The van der Waals surface area contributed by atoms with Gasteiger partial charge in [-0.3, -0.25) is 4.79 Å². The molecule has 9 heteroatoms. The van der Waals surface area contributed by atoms with Crippen molar-refractivity contribution in [3.05, 3.63) is 58.2 Å². The summed E-state index contributed by atoms with van der Waals surface area (Å²) in [6.07, 6.45) is 2.75. The zero-order chi connectivity index (χ0) is 17.1. The number of amides is 1. The monoisotopic (exact) mass is 363 g/mol. The van der Waals surface area contributed by atoms with Crippen LogP contribution in [0.4, 0.5) is 17.3 Å². The third-order valence-electron chi connectivity index (χ3n) is 2.95. The average Bonchev–Trinajstić information content (AvgIpc) is 2.96. The van der Waals surface area contributed by atoms with Crippen molar-refractivity contribution in [2.24, 2.45) is 0 Å². The van der Waals surface area contributed by atoms with E-state index in [1.165, 1.54) is 12.4 Å². The Labute approximate surface area is 147 Å². The largest absolute Gasteiger partial charge is 0.360 e. The van der Waals surface area contributed by atoms with Gasteiger partial charge in [0.25, 0.3) is 5.91 Å². The molecule has 3 aromatic rings. The molecule has 24 heavy (non-hydrogen) atoms. The summed E-state index contributed by atoms with van der Waals surface area (Å²) in [7, 11) is 0. The molecule has 2 heterocycles. The highest BCUT2D eigenvalue weighted by molar-refractivity contribution is 6.35. The second-order valence-electron chi connectivity index (χ2n) is 4.81. The SMILES string of the molecule is Cc1cc(Nc2cnc(C(=O)Nc3cc(Cl)ccc3Cl)cn2)no1. The third-order valence-corrected chi connectivity index (χ3v) is 3.51. The molecule has 2 N–H and O–H groups in total. The Kier molecular flexibility index (Phi) is 4.64. The summed E-state index contributed by atoms with van der Waals surface area (Å²) in [6.45, 7) is 1.78. The van der Waals surface area contributed by atoms with E-state index in [0.717, 1.165) is 0 Å². The van der Waals surface area contributed by atoms with Gasteiger partial charge < -0.3 is 15.2 Å². The van der Waals surface area contributed by atoms with Gasteiger partial charge in [0.1, 0.15) is 17.3 Å². The van der Waals surface area contributed by atoms with Crippen LogP contribution in [0.25, 0.3) is 0 Å². The standard InChI is InChI=1S/C15H11Cl2N5O2/c1-8-4-13(22-24-8)21-14-7-18-12(6-19-14)15(23)20-11-5-9(16)2-3-10(11)17/h2-7H,1H3,(H,20,23)(H,19,21,22). The Morgan fingerprint density at radius 3 is 2.62 bits per heavy atom. The highest BCUT2D eigenvalue weighted by atomic mass is 35.5. The molecule has 0 saturated carbocycles. The van der Waals surface area contributed by atoms with Crippen molar-refractivity contribution in [1.82, 2.24) is 15.1 Å². The van der Waals surface area contributed by atoms with Crippen molar-refractivity contribution in [2.75, 3.05) is 10.6 Å². The lowest BCUT2D eigenvalue weighted by Crippen LogP contribution is -2.14. The van der Waals surface area contributed by atoms with E-state index in [0.29, 0.717) is 33.1 Å². The number of carbonyl (C=O) groups excluding carboxylic acids is 1. The number of rotatable bonds is 4. The van der Waals surface area contributed by atoms with Crippen molar-refractivity contribution < 1.29 is 9.32 Å². The molecular weight excluding hydrogens is 353 g/mol. The van der Waals surface area contributed by atoms with Crippen LogP contribution in [0.15, 0.2) is 41.2 Å². The van der Waals surface area contributed by atoms with Crippen LogP contribution in [-0.2, 0) is 0 Å². The van der Waals surface area contributed by atoms with Gasteiger partial charge in [0.15, 0.2) is 5.82 Å². The van der Waals surface area contributed by atoms with E-state index in [1.807, 2.05) is 0 Å². The molecule has 0 spiro atoms. The molecule has 0 radical (unpaired) electrons. The van der Waals surface area contributed by atoms with Gasteiger partial charge in [-0.15, -0.1) is 0 Å². The van der Waals surface area contributed by atoms with Gasteiger partial charge in [-0.05, 0) is 25.1 Å². The molecule has 1 amide bonds. The predicted molar refractivity (Wildman–Crippen MR) is 91.0 cm³/mol. The predicted octanol–water partition coefficient (Wildman–Crippen LogP) is 4.08. The molecule has 1 aromatic carbocycles. The number of aryl methyl sites for hydroxylation is 1. The lowest BCUT2D eigenvalue weighted by molar-refractivity contribution is 0.102. The average molecular weight is 364 g/mol. The zero-order valence-corrected chi connectivity index (χ0v) is 13.9. The Hall–Kier alpha value is -2.64. The van der Waals surface area contributed by atoms with E-state index in [-0.39, 0.29) is 5.69 Å². The number of anilines is 3. The fourth-order valence-electron chi connectivity index (χ4n) is 1.85. The highest BCUT2D eigenvalue weighted by Gasteiger charge is 2.11. The molecule has 3 rings (SSSR count). The minimum atomic E-state index is -0.449. The summed E-state index contributed by atoms with van der Waals surface area (Å²) in [5.41, 5.74) is 0.532. The number of benzene rings is 1. The Balaban J connectivity index is 1.70. The Bertz CT molecular complexity index is 880. The van der Waals surface area contributed by atoms with Crippen molar-refractivity contribution in [3.8, 4) is 0 Å². The van der Waals surface area contributed by atoms with Crippen molar-refractivity contribution >= 4 is 46.4 Å². The topological polar surface area (TPSA) is 92.9 Å². The zero-order valence-electron chi connectivity index (χ0n) is 12.4. The number of carbonyl (C=O) groups is 1. The Morgan fingerprint density at radius 2 is 1.96 bits per heavy atom. The summed E-state index contributed by atoms with van der Waals surface area (Å²) in [4.78, 5) is 20.4. The van der Waals surface area contributed by atoms with Crippen molar-refractivity contribution in [3.63, 3.8) is 0 Å². The number of nitrogens with one attached hydrogen (secondary N) is 2. The molecule has 0 unspecified atom stereocenters. The number of nitrogens with zero attached hydrogens (tertiary/aromatic N) is 3. The maximum absolute atomic E-state index is 12.2. The molecule has 7 nitrogen and oxygen atoms in total. The number of hydrogen-bond donors (Lipinski definition) is 2. The van der Waals surface area contributed by atoms with Gasteiger partial charge in [0, 0.05) is 11.1 Å². The molecular formula is C15H11Cl2N5O2. The van der Waals surface area contributed by atoms with E-state index < -0.39 is 5.91 Å². The maximum Gasteiger partial charge on any atom is 0.275 e. The van der Waals surface area contributed by atoms with Crippen LogP contribution in [0.1, 0.15) is 16.2 Å². The van der Waals surface area contributed by atoms with E-state index in [1.54, 1.807) is 31.2 Å². The number of halogens is 2. The molecule has 0 fully saturated rings. The third kappa shape index (κ3) is 3.81. The lowest BCUT2D eigenvalue weighted by atomic mass is 10.3. The van der Waals surface area contributed by atoms with Gasteiger partial charge in [-0.2, -0.15) is 0 Å². The van der Waals surface area contributed by atoms with Crippen molar-refractivity contribution in [2.45, 2.75) is 6.92 Å². The van der Waals surface area contributed by atoms with Crippen LogP contribution < -0.4 is 10.6 Å². The summed E-state index contributed by atoms with van der Waals surface area (Å²) in [5.74, 6) is 1.15. The molecule has 0 bridgehead atoms. The van der Waals surface area contributed by atoms with Gasteiger partial charge in [0.2, 0.25) is 0 Å². The second kappa shape index (κ2) is 6.86. The second-order valence-corrected chi connectivity index (χ2v) is 5.66. The minimum absolute atomic E-state index is 0.132. The first-order chi connectivity index (χ1) is 11.5. The fourth-order valence-corrected chi connectivity index (χ4v) is 2.18. The molecule has 0 aliphatic carbocycles. The quantitative estimate of drug-likeness (QED) is 0.725. The van der Waals surface area contributed by atoms with Crippen LogP contribution >= 0.6 is 23.2 Å². The minimum Gasteiger partial charge on any atom is -0.360 e. The molecule has 0 saturated heterocycles. The molecule has 0 atom stereocenters. The molecule has 0 aliphatic heterocycles. The highest BCUT2D eigenvalue weighted by Crippen LogP contribution is 2.25. The first-order valence-corrected chi connectivity index (χ1v) is 7.55. The summed E-state index contributed by atoms with van der Waals surface area (Å²) < 4.78 is 4.94. The molecule has 2 aromatic heterocycles. The van der Waals surface area contributed by atoms with Crippen LogP contribution in [0.5, 0.6) is 0 Å². The van der Waals surface area contributed by atoms with Gasteiger partial charge in [-0.1, -0.05) is 28.4 Å². The molecule has 0 aliphatic rings. The Morgan fingerprint density at radius 1 is 1.12 bits per heavy atom. The van der Waals surface area contributed by atoms with Crippen molar-refractivity contribution in [1.29, 1.82) is 0 Å². The first kappa shape index (κ1) is 16.2. The lowest BCUT2D eigenvalue weighted by Gasteiger charge is -2.07. The van der Waals surface area contributed by atoms with E-state index in [9.17, 15) is 4.79 Å². The molecule has 122 valence electrons. The number of aromatic nitrogens is 3. The summed E-state index contributed by atoms with van der Waals surface area (Å²) in [5, 5.41) is 10.2. The summed E-state index contributed by atoms with van der Waals surface area (Å²) in [6, 6.07) is 6.49. The van der Waals surface area contributed by atoms with Crippen LogP contribution in [0.2, 0.25) is 10.0 Å². The van der Waals surface area contributed by atoms with Gasteiger partial charge in [-0.25, -0.2) is 9.97 Å². The summed E-state index contributed by atoms with van der Waals surface area (Å²) >= 11 is 11.9. The van der Waals surface area contributed by atoms with E-state index in [2.05, 4.69) is 25.8 Å². The van der Waals surface area contributed by atoms with Crippen LogP contribution in [0, 0.1) is 6.92 Å². The van der Waals surface area contributed by atoms with Gasteiger partial charge in [0.05, 0.1) is 23.1 Å². The smallest absolute Gasteiger partial charge is 0.275 e. The van der Waals surface area contributed by atoms with Crippen LogP contribution in [0.3, 0.4) is 0 Å². The maximum atomic E-state index is 12.2. The van der Waals surface area contributed by atoms with Crippen LogP contribution in [-0.4, -0.2) is 21.0 Å². The van der Waals surface area contributed by atoms with Gasteiger partial charge >= 0.3 is 0 Å². The van der Waals surface area contributed by atoms with E-state index >= 15 is 0 Å². The fraction of sp³-hybridized carbons (Fsp3) is 0.0667. The normalized spacial score (nSPS) is 10.5.